The molecule has 2 amide bonds. The van der Waals surface area contributed by atoms with Crippen molar-refractivity contribution in [3.8, 4) is 0 Å². The molecule has 0 saturated carbocycles. The molecule has 3 rings (SSSR count). The van der Waals surface area contributed by atoms with Gasteiger partial charge in [-0.3, -0.25) is 4.79 Å². The number of fused-ring (bicyclic) bond motifs is 1. The number of carbonyl (C=O) groups is 1. The van der Waals surface area contributed by atoms with Crippen LogP contribution in [0.3, 0.4) is 0 Å². The van der Waals surface area contributed by atoms with Crippen molar-refractivity contribution < 1.29 is 14.3 Å². The summed E-state index contributed by atoms with van der Waals surface area (Å²) in [7, 11) is 0. The highest BCUT2D eigenvalue weighted by Crippen LogP contribution is 2.24. The van der Waals surface area contributed by atoms with Gasteiger partial charge in [-0.2, -0.15) is 0 Å². The maximum atomic E-state index is 13.3. The third-order valence-electron chi connectivity index (χ3n) is 5.27. The number of aliphatic hydroxyl groups is 1. The van der Waals surface area contributed by atoms with Gasteiger partial charge in [0.25, 0.3) is 5.56 Å². The van der Waals surface area contributed by atoms with Crippen LogP contribution in [0.15, 0.2) is 41.2 Å². The van der Waals surface area contributed by atoms with Crippen LogP contribution in [0.1, 0.15) is 35.2 Å². The zero-order valence-corrected chi connectivity index (χ0v) is 17.5. The molecule has 0 aliphatic carbocycles. The maximum Gasteiger partial charge on any atom is 0.322 e. The fraction of sp³-hybridized carbons (Fsp3) is 0.304. The molecule has 6 nitrogen and oxygen atoms in total. The molecule has 0 aliphatic heterocycles. The summed E-state index contributed by atoms with van der Waals surface area (Å²) in [6.07, 6.45) is 0. The van der Waals surface area contributed by atoms with Gasteiger partial charge in [0.1, 0.15) is 5.82 Å². The van der Waals surface area contributed by atoms with Gasteiger partial charge in [-0.25, -0.2) is 9.18 Å². The lowest BCUT2D eigenvalue weighted by Gasteiger charge is -2.29. The summed E-state index contributed by atoms with van der Waals surface area (Å²) < 4.78 is 13.3. The lowest BCUT2D eigenvalue weighted by molar-refractivity contribution is 0.167. The van der Waals surface area contributed by atoms with Gasteiger partial charge < -0.3 is 20.3 Å². The quantitative estimate of drug-likeness (QED) is 0.589. The average Bonchev–Trinajstić information content (AvgIpc) is 2.68. The maximum absolute atomic E-state index is 13.3. The van der Waals surface area contributed by atoms with E-state index in [-0.39, 0.29) is 24.5 Å². The predicted octanol–water partition coefficient (Wildman–Crippen LogP) is 4.18. The second kappa shape index (κ2) is 8.67. The van der Waals surface area contributed by atoms with Gasteiger partial charge in [-0.15, -0.1) is 0 Å². The van der Waals surface area contributed by atoms with Crippen LogP contribution in [0.5, 0.6) is 0 Å². The van der Waals surface area contributed by atoms with E-state index in [1.54, 1.807) is 19.9 Å². The molecule has 0 spiro atoms. The number of nitrogens with zero attached hydrogens (tertiary/aromatic N) is 1. The fourth-order valence-electron chi connectivity index (χ4n) is 3.72. The summed E-state index contributed by atoms with van der Waals surface area (Å²) in [5, 5.41) is 13.1. The minimum Gasteiger partial charge on any atom is -0.395 e. The first kappa shape index (κ1) is 21.5. The number of hydrogen-bond donors (Lipinski definition) is 3. The van der Waals surface area contributed by atoms with Gasteiger partial charge in [-0.05, 0) is 74.5 Å². The summed E-state index contributed by atoms with van der Waals surface area (Å²) >= 11 is 0. The minimum atomic E-state index is -0.591. The fourth-order valence-corrected chi connectivity index (χ4v) is 3.72. The number of benzene rings is 2. The molecule has 30 heavy (non-hydrogen) atoms. The number of carbonyl (C=O) groups excluding carboxylic acids is 1. The molecule has 1 aromatic heterocycles. The van der Waals surface area contributed by atoms with Gasteiger partial charge >= 0.3 is 6.03 Å². The SMILES string of the molecule is Cc1cc(C)c2[nH]c(=O)c(C(C)N(CCO)C(=O)Nc3ccc(F)cc3C)cc2c1. The van der Waals surface area contributed by atoms with Crippen LogP contribution >= 0.6 is 0 Å². The van der Waals surface area contributed by atoms with E-state index < -0.39 is 12.1 Å². The summed E-state index contributed by atoms with van der Waals surface area (Å²) in [5.41, 5.74) is 3.99. The van der Waals surface area contributed by atoms with Crippen molar-refractivity contribution in [2.45, 2.75) is 33.7 Å². The van der Waals surface area contributed by atoms with Crippen molar-refractivity contribution in [1.82, 2.24) is 9.88 Å². The van der Waals surface area contributed by atoms with Crippen molar-refractivity contribution >= 4 is 22.6 Å². The number of urea groups is 1. The molecule has 0 radical (unpaired) electrons. The van der Waals surface area contributed by atoms with E-state index in [0.29, 0.717) is 16.8 Å². The zero-order chi connectivity index (χ0) is 22.0. The highest BCUT2D eigenvalue weighted by molar-refractivity contribution is 5.90. The largest absolute Gasteiger partial charge is 0.395 e. The number of H-pyrrole nitrogens is 1. The first-order valence-corrected chi connectivity index (χ1v) is 9.80. The number of nitrogens with one attached hydrogen (secondary N) is 2. The van der Waals surface area contributed by atoms with E-state index in [1.165, 1.54) is 23.1 Å². The standard InChI is InChI=1S/C23H26FN3O3/c1-13-9-15(3)21-17(10-13)12-19(22(29)26-21)16(4)27(7-8-28)23(30)25-20-6-5-18(24)11-14(20)2/h5-6,9-12,16,28H,7-8H2,1-4H3,(H,25,30)(H,26,29). The summed E-state index contributed by atoms with van der Waals surface area (Å²) in [6.45, 7) is 7.13. The Morgan fingerprint density at radius 2 is 1.90 bits per heavy atom. The van der Waals surface area contributed by atoms with Crippen LogP contribution < -0.4 is 10.9 Å². The molecule has 2 aromatic carbocycles. The number of amides is 2. The molecular weight excluding hydrogens is 385 g/mol. The lowest BCUT2D eigenvalue weighted by atomic mass is 10.0. The average molecular weight is 411 g/mol. The number of aromatic amines is 1. The Balaban J connectivity index is 1.96. The van der Waals surface area contributed by atoms with Crippen LogP contribution in [0.2, 0.25) is 0 Å². The number of rotatable bonds is 5. The summed E-state index contributed by atoms with van der Waals surface area (Å²) in [4.78, 5) is 30.0. The minimum absolute atomic E-state index is 0.0393. The van der Waals surface area contributed by atoms with Crippen LogP contribution in [-0.2, 0) is 0 Å². The lowest BCUT2D eigenvalue weighted by Crippen LogP contribution is -2.40. The van der Waals surface area contributed by atoms with E-state index in [9.17, 15) is 19.1 Å². The Bertz CT molecular complexity index is 1160. The summed E-state index contributed by atoms with van der Waals surface area (Å²) in [5.74, 6) is -0.389. The topological polar surface area (TPSA) is 85.4 Å². The molecule has 0 bridgehead atoms. The van der Waals surface area contributed by atoms with E-state index >= 15 is 0 Å². The second-order valence-electron chi connectivity index (χ2n) is 7.58. The molecule has 0 fully saturated rings. The third-order valence-corrected chi connectivity index (χ3v) is 5.27. The van der Waals surface area contributed by atoms with E-state index in [4.69, 9.17) is 0 Å². The van der Waals surface area contributed by atoms with Gasteiger partial charge in [0.05, 0.1) is 18.2 Å². The highest BCUT2D eigenvalue weighted by atomic mass is 19.1. The number of anilines is 1. The molecular formula is C23H26FN3O3. The van der Waals surface area contributed by atoms with Crippen LogP contribution in [-0.4, -0.2) is 34.2 Å². The van der Waals surface area contributed by atoms with Crippen LogP contribution in [0, 0.1) is 26.6 Å². The summed E-state index contributed by atoms with van der Waals surface area (Å²) in [6, 6.07) is 8.77. The van der Waals surface area contributed by atoms with Crippen LogP contribution in [0.4, 0.5) is 14.9 Å². The van der Waals surface area contributed by atoms with Gasteiger partial charge in [0.2, 0.25) is 0 Å². The molecule has 0 aliphatic rings. The number of halogens is 1. The molecule has 1 atom stereocenters. The van der Waals surface area contributed by atoms with E-state index in [0.717, 1.165) is 22.0 Å². The predicted molar refractivity (Wildman–Crippen MR) is 116 cm³/mol. The molecule has 0 saturated heterocycles. The number of aliphatic hydroxyl groups excluding tert-OH is 1. The van der Waals surface area contributed by atoms with E-state index in [2.05, 4.69) is 10.3 Å². The Hall–Kier alpha value is -3.19. The highest BCUT2D eigenvalue weighted by Gasteiger charge is 2.24. The van der Waals surface area contributed by atoms with E-state index in [1.807, 2.05) is 26.0 Å². The number of pyridine rings is 1. The van der Waals surface area contributed by atoms with Gasteiger partial charge in [0.15, 0.2) is 0 Å². The molecule has 158 valence electrons. The molecule has 3 N–H and O–H groups in total. The third kappa shape index (κ3) is 4.36. The number of hydrogen-bond acceptors (Lipinski definition) is 3. The molecule has 7 heteroatoms. The first-order valence-electron chi connectivity index (χ1n) is 9.80. The Morgan fingerprint density at radius 3 is 2.57 bits per heavy atom. The van der Waals surface area contributed by atoms with Crippen molar-refractivity contribution in [2.75, 3.05) is 18.5 Å². The zero-order valence-electron chi connectivity index (χ0n) is 17.5. The number of aromatic nitrogens is 1. The van der Waals surface area contributed by atoms with Gasteiger partial charge in [0, 0.05) is 17.8 Å². The van der Waals surface area contributed by atoms with Crippen molar-refractivity contribution in [2.24, 2.45) is 0 Å². The molecule has 1 unspecified atom stereocenters. The number of aryl methyl sites for hydroxylation is 3. The van der Waals surface area contributed by atoms with Crippen molar-refractivity contribution in [3.05, 3.63) is 74.8 Å². The van der Waals surface area contributed by atoms with Gasteiger partial charge in [-0.1, -0.05) is 11.6 Å². The Labute approximate surface area is 174 Å². The second-order valence-corrected chi connectivity index (χ2v) is 7.58. The first-order chi connectivity index (χ1) is 14.2. The van der Waals surface area contributed by atoms with Crippen molar-refractivity contribution in [3.63, 3.8) is 0 Å². The monoisotopic (exact) mass is 411 g/mol. The van der Waals surface area contributed by atoms with Crippen LogP contribution in [0.25, 0.3) is 10.9 Å². The smallest absolute Gasteiger partial charge is 0.322 e. The Kier molecular flexibility index (Phi) is 6.22. The molecule has 1 heterocycles. The normalized spacial score (nSPS) is 12.1. The van der Waals surface area contributed by atoms with Crippen molar-refractivity contribution in [1.29, 1.82) is 0 Å². The molecule has 3 aromatic rings. The Morgan fingerprint density at radius 1 is 1.17 bits per heavy atom.